The summed E-state index contributed by atoms with van der Waals surface area (Å²) in [4.78, 5) is 11.5. The van der Waals surface area contributed by atoms with Crippen LogP contribution < -0.4 is 16.4 Å². The van der Waals surface area contributed by atoms with Crippen LogP contribution in [-0.2, 0) is 11.2 Å². The molecule has 1 heterocycles. The van der Waals surface area contributed by atoms with E-state index in [-0.39, 0.29) is 12.0 Å². The van der Waals surface area contributed by atoms with Crippen molar-refractivity contribution in [2.75, 3.05) is 22.9 Å². The minimum Gasteiger partial charge on any atom is -0.397 e. The fraction of sp³-hybridized carbons (Fsp3) is 0.562. The molecule has 114 valence electrons. The van der Waals surface area contributed by atoms with Crippen molar-refractivity contribution in [1.82, 2.24) is 0 Å². The predicted octanol–water partition coefficient (Wildman–Crippen LogP) is 2.12. The lowest BCUT2D eigenvalue weighted by Gasteiger charge is -2.26. The molecule has 21 heavy (non-hydrogen) atoms. The standard InChI is InChI=1S/C16H23N3O2/c17-13-7-11-3-6-16(21)19-14(11)8-15(13)18-9-10-1-4-12(20)5-2-10/h7-8,10,12,18,20H,1-6,9,17H2,(H,19,21). The third-order valence-corrected chi connectivity index (χ3v) is 4.57. The molecule has 1 aliphatic carbocycles. The van der Waals surface area contributed by atoms with Crippen LogP contribution in [-0.4, -0.2) is 23.7 Å². The molecule has 0 unspecified atom stereocenters. The number of carbonyl (C=O) groups is 1. The van der Waals surface area contributed by atoms with Crippen molar-refractivity contribution in [2.45, 2.75) is 44.6 Å². The van der Waals surface area contributed by atoms with Gasteiger partial charge in [0.15, 0.2) is 0 Å². The van der Waals surface area contributed by atoms with Crippen molar-refractivity contribution in [2.24, 2.45) is 5.92 Å². The number of rotatable bonds is 3. The summed E-state index contributed by atoms with van der Waals surface area (Å²) >= 11 is 0. The number of aliphatic hydroxyl groups is 1. The van der Waals surface area contributed by atoms with Crippen LogP contribution in [0.1, 0.15) is 37.7 Å². The Labute approximate surface area is 124 Å². The first kappa shape index (κ1) is 14.2. The summed E-state index contributed by atoms with van der Waals surface area (Å²) in [5.41, 5.74) is 9.72. The van der Waals surface area contributed by atoms with Crippen molar-refractivity contribution in [3.05, 3.63) is 17.7 Å². The summed E-state index contributed by atoms with van der Waals surface area (Å²) in [6.45, 7) is 0.865. The van der Waals surface area contributed by atoms with Crippen LogP contribution in [0.5, 0.6) is 0 Å². The topological polar surface area (TPSA) is 87.4 Å². The summed E-state index contributed by atoms with van der Waals surface area (Å²) < 4.78 is 0. The number of hydrogen-bond acceptors (Lipinski definition) is 4. The van der Waals surface area contributed by atoms with Crippen LogP contribution in [0.25, 0.3) is 0 Å². The van der Waals surface area contributed by atoms with Gasteiger partial charge in [0.1, 0.15) is 0 Å². The third-order valence-electron chi connectivity index (χ3n) is 4.57. The molecule has 0 saturated heterocycles. The monoisotopic (exact) mass is 289 g/mol. The van der Waals surface area contributed by atoms with E-state index in [1.807, 2.05) is 12.1 Å². The minimum atomic E-state index is -0.120. The maximum Gasteiger partial charge on any atom is 0.224 e. The zero-order valence-corrected chi connectivity index (χ0v) is 12.2. The van der Waals surface area contributed by atoms with E-state index in [1.54, 1.807) is 0 Å². The van der Waals surface area contributed by atoms with E-state index in [1.165, 1.54) is 0 Å². The number of aryl methyl sites for hydroxylation is 1. The van der Waals surface area contributed by atoms with E-state index in [2.05, 4.69) is 10.6 Å². The van der Waals surface area contributed by atoms with E-state index in [0.29, 0.717) is 12.3 Å². The highest BCUT2D eigenvalue weighted by atomic mass is 16.3. The second-order valence-corrected chi connectivity index (χ2v) is 6.20. The van der Waals surface area contributed by atoms with E-state index in [9.17, 15) is 9.90 Å². The van der Waals surface area contributed by atoms with Crippen molar-refractivity contribution < 1.29 is 9.90 Å². The summed E-state index contributed by atoms with van der Waals surface area (Å²) in [5.74, 6) is 0.651. The van der Waals surface area contributed by atoms with Gasteiger partial charge in [-0.05, 0) is 55.7 Å². The zero-order valence-electron chi connectivity index (χ0n) is 12.2. The molecule has 5 heteroatoms. The maximum absolute atomic E-state index is 11.5. The molecule has 0 spiro atoms. The molecule has 1 aromatic carbocycles. The van der Waals surface area contributed by atoms with E-state index >= 15 is 0 Å². The maximum atomic E-state index is 11.5. The first-order chi connectivity index (χ1) is 10.1. The molecule has 1 aromatic rings. The molecular weight excluding hydrogens is 266 g/mol. The number of fused-ring (bicyclic) bond motifs is 1. The van der Waals surface area contributed by atoms with Crippen molar-refractivity contribution >= 4 is 23.0 Å². The van der Waals surface area contributed by atoms with Gasteiger partial charge in [-0.3, -0.25) is 4.79 Å². The molecule has 0 atom stereocenters. The fourth-order valence-electron chi connectivity index (χ4n) is 3.20. The van der Waals surface area contributed by atoms with Gasteiger partial charge in [0, 0.05) is 18.7 Å². The van der Waals surface area contributed by atoms with Gasteiger partial charge < -0.3 is 21.5 Å². The Morgan fingerprint density at radius 1 is 1.24 bits per heavy atom. The normalized spacial score (nSPS) is 25.1. The Hall–Kier alpha value is -1.75. The number of anilines is 3. The number of nitrogens with two attached hydrogens (primary N) is 1. The lowest BCUT2D eigenvalue weighted by Crippen LogP contribution is -2.24. The third kappa shape index (κ3) is 3.29. The molecule has 1 aliphatic heterocycles. The van der Waals surface area contributed by atoms with Crippen molar-refractivity contribution in [1.29, 1.82) is 0 Å². The first-order valence-electron chi connectivity index (χ1n) is 7.76. The van der Waals surface area contributed by atoms with Crippen LogP contribution in [0.4, 0.5) is 17.1 Å². The predicted molar refractivity (Wildman–Crippen MR) is 84.3 cm³/mol. The second kappa shape index (κ2) is 5.93. The lowest BCUT2D eigenvalue weighted by atomic mass is 9.87. The van der Waals surface area contributed by atoms with Gasteiger partial charge in [0.2, 0.25) is 5.91 Å². The number of amides is 1. The number of nitrogens with one attached hydrogen (secondary N) is 2. The van der Waals surface area contributed by atoms with E-state index in [4.69, 9.17) is 5.73 Å². The molecule has 1 fully saturated rings. The van der Waals surface area contributed by atoms with E-state index < -0.39 is 0 Å². The summed E-state index contributed by atoms with van der Waals surface area (Å²) in [5, 5.41) is 15.8. The average Bonchev–Trinajstić information content (AvgIpc) is 2.47. The van der Waals surface area contributed by atoms with Crippen LogP contribution in [0, 0.1) is 5.92 Å². The molecule has 1 saturated carbocycles. The highest BCUT2D eigenvalue weighted by Gasteiger charge is 2.20. The molecule has 3 rings (SSSR count). The molecule has 2 aliphatic rings. The Morgan fingerprint density at radius 2 is 2.00 bits per heavy atom. The zero-order chi connectivity index (χ0) is 14.8. The smallest absolute Gasteiger partial charge is 0.224 e. The van der Waals surface area contributed by atoms with E-state index in [0.717, 1.165) is 61.3 Å². The number of hydrogen-bond donors (Lipinski definition) is 4. The fourth-order valence-corrected chi connectivity index (χ4v) is 3.20. The van der Waals surface area contributed by atoms with Crippen LogP contribution in [0.3, 0.4) is 0 Å². The molecular formula is C16H23N3O2. The van der Waals surface area contributed by atoms with Gasteiger partial charge in [-0.2, -0.15) is 0 Å². The summed E-state index contributed by atoms with van der Waals surface area (Å²) in [6.07, 6.45) is 5.05. The molecule has 0 aromatic heterocycles. The lowest BCUT2D eigenvalue weighted by molar-refractivity contribution is -0.116. The highest BCUT2D eigenvalue weighted by molar-refractivity contribution is 5.95. The number of aliphatic hydroxyl groups excluding tert-OH is 1. The number of carbonyl (C=O) groups excluding carboxylic acids is 1. The van der Waals surface area contributed by atoms with Crippen LogP contribution in [0.2, 0.25) is 0 Å². The van der Waals surface area contributed by atoms with Gasteiger partial charge in [-0.1, -0.05) is 0 Å². The van der Waals surface area contributed by atoms with Gasteiger partial charge in [0.05, 0.1) is 17.5 Å². The number of nitrogen functional groups attached to an aromatic ring is 1. The second-order valence-electron chi connectivity index (χ2n) is 6.20. The van der Waals surface area contributed by atoms with Gasteiger partial charge in [-0.15, -0.1) is 0 Å². The Morgan fingerprint density at radius 3 is 2.76 bits per heavy atom. The van der Waals surface area contributed by atoms with Crippen molar-refractivity contribution in [3.8, 4) is 0 Å². The highest BCUT2D eigenvalue weighted by Crippen LogP contribution is 2.32. The average molecular weight is 289 g/mol. The summed E-state index contributed by atoms with van der Waals surface area (Å²) in [6, 6.07) is 3.90. The number of benzene rings is 1. The van der Waals surface area contributed by atoms with Gasteiger partial charge in [-0.25, -0.2) is 0 Å². The van der Waals surface area contributed by atoms with Crippen LogP contribution in [0.15, 0.2) is 12.1 Å². The minimum absolute atomic E-state index is 0.0690. The Bertz CT molecular complexity index is 537. The molecule has 0 bridgehead atoms. The first-order valence-corrected chi connectivity index (χ1v) is 7.76. The largest absolute Gasteiger partial charge is 0.397 e. The quantitative estimate of drug-likeness (QED) is 0.642. The van der Waals surface area contributed by atoms with Crippen molar-refractivity contribution in [3.63, 3.8) is 0 Å². The molecule has 5 N–H and O–H groups in total. The SMILES string of the molecule is Nc1cc2c(cc1NCC1CCC(O)CC1)NC(=O)CC2. The molecule has 5 nitrogen and oxygen atoms in total. The summed E-state index contributed by atoms with van der Waals surface area (Å²) in [7, 11) is 0. The Balaban J connectivity index is 1.65. The van der Waals surface area contributed by atoms with Gasteiger partial charge in [0.25, 0.3) is 0 Å². The van der Waals surface area contributed by atoms with Gasteiger partial charge >= 0.3 is 0 Å². The Kier molecular flexibility index (Phi) is 4.01. The molecule has 0 radical (unpaired) electrons. The molecule has 1 amide bonds. The van der Waals surface area contributed by atoms with Crippen LogP contribution >= 0.6 is 0 Å².